The van der Waals surface area contributed by atoms with Gasteiger partial charge in [0.2, 0.25) is 0 Å². The lowest BCUT2D eigenvalue weighted by Gasteiger charge is -2.25. The van der Waals surface area contributed by atoms with Crippen molar-refractivity contribution in [3.05, 3.63) is 21.7 Å². The quantitative estimate of drug-likeness (QED) is 0.903. The lowest BCUT2D eigenvalue weighted by molar-refractivity contribution is 0.295. The monoisotopic (exact) mass is 341 g/mol. The van der Waals surface area contributed by atoms with Gasteiger partial charge in [0.15, 0.2) is 11.5 Å². The second-order valence-electron chi connectivity index (χ2n) is 6.46. The Labute approximate surface area is 130 Å². The van der Waals surface area contributed by atoms with Crippen LogP contribution in [0.25, 0.3) is 0 Å². The van der Waals surface area contributed by atoms with Crippen LogP contribution in [-0.2, 0) is 6.42 Å². The van der Waals surface area contributed by atoms with Crippen molar-refractivity contribution >= 4 is 15.9 Å². The fourth-order valence-electron chi connectivity index (χ4n) is 2.63. The third-order valence-corrected chi connectivity index (χ3v) is 3.91. The van der Waals surface area contributed by atoms with Crippen LogP contribution in [0, 0.1) is 0 Å². The molecule has 1 heterocycles. The minimum atomic E-state index is -0.247. The molecule has 3 nitrogen and oxygen atoms in total. The zero-order valence-corrected chi connectivity index (χ0v) is 14.3. The summed E-state index contributed by atoms with van der Waals surface area (Å²) in [5.41, 5.74) is 8.42. The molecule has 1 aromatic rings. The molecule has 20 heavy (non-hydrogen) atoms. The molecule has 112 valence electrons. The van der Waals surface area contributed by atoms with E-state index in [0.29, 0.717) is 19.1 Å². The highest BCUT2D eigenvalue weighted by Crippen LogP contribution is 2.45. The fourth-order valence-corrected chi connectivity index (χ4v) is 3.20. The van der Waals surface area contributed by atoms with E-state index in [1.165, 1.54) is 11.1 Å². The van der Waals surface area contributed by atoms with Crippen molar-refractivity contribution in [2.75, 3.05) is 13.2 Å². The molecule has 4 heteroatoms. The van der Waals surface area contributed by atoms with Crippen LogP contribution in [0.3, 0.4) is 0 Å². The number of halogens is 1. The van der Waals surface area contributed by atoms with E-state index in [-0.39, 0.29) is 5.54 Å². The minimum Gasteiger partial charge on any atom is -0.489 e. The van der Waals surface area contributed by atoms with Gasteiger partial charge in [0, 0.05) is 17.5 Å². The Morgan fingerprint density at radius 3 is 2.40 bits per heavy atom. The van der Waals surface area contributed by atoms with Crippen LogP contribution < -0.4 is 15.2 Å². The summed E-state index contributed by atoms with van der Waals surface area (Å²) >= 11 is 3.61. The lowest BCUT2D eigenvalue weighted by Crippen LogP contribution is -2.34. The summed E-state index contributed by atoms with van der Waals surface area (Å²) in [5, 5.41) is 0. The maximum Gasteiger partial charge on any atom is 0.175 e. The molecular formula is C16H24BrNO2. The Morgan fingerprint density at radius 1 is 1.25 bits per heavy atom. The number of benzene rings is 1. The molecular weight excluding hydrogens is 318 g/mol. The average molecular weight is 342 g/mol. The molecule has 0 saturated carbocycles. The highest BCUT2D eigenvalue weighted by molar-refractivity contribution is 9.10. The molecule has 2 rings (SSSR count). The number of hydrogen-bond acceptors (Lipinski definition) is 3. The van der Waals surface area contributed by atoms with Gasteiger partial charge in [0.1, 0.15) is 0 Å². The molecule has 0 bridgehead atoms. The van der Waals surface area contributed by atoms with Crippen molar-refractivity contribution in [3.8, 4) is 11.5 Å². The Balaban J connectivity index is 2.57. The maximum atomic E-state index is 6.21. The van der Waals surface area contributed by atoms with Crippen molar-refractivity contribution in [1.82, 2.24) is 0 Å². The van der Waals surface area contributed by atoms with Crippen LogP contribution in [0.1, 0.15) is 51.2 Å². The van der Waals surface area contributed by atoms with Crippen LogP contribution in [0.4, 0.5) is 0 Å². The predicted octanol–water partition coefficient (Wildman–Crippen LogP) is 4.01. The van der Waals surface area contributed by atoms with E-state index >= 15 is 0 Å². The van der Waals surface area contributed by atoms with Gasteiger partial charge in [0.05, 0.1) is 17.7 Å². The molecule has 2 N–H and O–H groups in total. The summed E-state index contributed by atoms with van der Waals surface area (Å²) in [4.78, 5) is 0. The molecule has 1 aliphatic heterocycles. The Bertz CT molecular complexity index is 492. The van der Waals surface area contributed by atoms with Crippen molar-refractivity contribution in [2.24, 2.45) is 5.73 Å². The van der Waals surface area contributed by atoms with Crippen LogP contribution in [0.15, 0.2) is 10.5 Å². The highest BCUT2D eigenvalue weighted by atomic mass is 79.9. The molecule has 1 aromatic carbocycles. The smallest absolute Gasteiger partial charge is 0.175 e. The molecule has 0 aromatic heterocycles. The topological polar surface area (TPSA) is 44.5 Å². The Morgan fingerprint density at radius 2 is 1.85 bits per heavy atom. The van der Waals surface area contributed by atoms with E-state index in [9.17, 15) is 0 Å². The summed E-state index contributed by atoms with van der Waals surface area (Å²) in [6, 6.07) is 2.14. The summed E-state index contributed by atoms with van der Waals surface area (Å²) in [7, 11) is 0. The van der Waals surface area contributed by atoms with Crippen molar-refractivity contribution in [3.63, 3.8) is 0 Å². The van der Waals surface area contributed by atoms with E-state index in [2.05, 4.69) is 35.8 Å². The summed E-state index contributed by atoms with van der Waals surface area (Å²) in [5.74, 6) is 2.10. The molecule has 0 radical (unpaired) electrons. The first-order chi connectivity index (χ1) is 9.29. The molecule has 0 saturated heterocycles. The first-order valence-corrected chi connectivity index (χ1v) is 7.98. The van der Waals surface area contributed by atoms with Gasteiger partial charge in [-0.05, 0) is 53.7 Å². The maximum absolute atomic E-state index is 6.21. The zero-order chi connectivity index (χ0) is 14.9. The predicted molar refractivity (Wildman–Crippen MR) is 85.8 cm³/mol. The molecule has 0 aliphatic carbocycles. The number of hydrogen-bond donors (Lipinski definition) is 1. The van der Waals surface area contributed by atoms with Gasteiger partial charge in [-0.15, -0.1) is 0 Å². The van der Waals surface area contributed by atoms with Crippen molar-refractivity contribution in [1.29, 1.82) is 0 Å². The van der Waals surface area contributed by atoms with E-state index < -0.39 is 0 Å². The summed E-state index contributed by atoms with van der Waals surface area (Å²) < 4.78 is 12.8. The van der Waals surface area contributed by atoms with Gasteiger partial charge in [-0.2, -0.15) is 0 Å². The summed E-state index contributed by atoms with van der Waals surface area (Å²) in [6.07, 6.45) is 1.73. The SMILES string of the molecule is CC(C)c1c(CC(C)(C)N)cc(Br)c2c1OCCCO2. The van der Waals surface area contributed by atoms with Gasteiger partial charge >= 0.3 is 0 Å². The number of nitrogens with two attached hydrogens (primary N) is 1. The average Bonchev–Trinajstić information content (AvgIpc) is 2.52. The van der Waals surface area contributed by atoms with Gasteiger partial charge in [-0.1, -0.05) is 13.8 Å². The van der Waals surface area contributed by atoms with Gasteiger partial charge in [-0.3, -0.25) is 0 Å². The third-order valence-electron chi connectivity index (χ3n) is 3.32. The van der Waals surface area contributed by atoms with Crippen molar-refractivity contribution < 1.29 is 9.47 Å². The molecule has 0 atom stereocenters. The number of ether oxygens (including phenoxy) is 2. The Kier molecular flexibility index (Phi) is 4.65. The van der Waals surface area contributed by atoms with Crippen molar-refractivity contribution in [2.45, 2.75) is 52.0 Å². The molecule has 1 aliphatic rings. The number of fused-ring (bicyclic) bond motifs is 1. The zero-order valence-electron chi connectivity index (χ0n) is 12.8. The fraction of sp³-hybridized carbons (Fsp3) is 0.625. The van der Waals surface area contributed by atoms with E-state index in [4.69, 9.17) is 15.2 Å². The minimum absolute atomic E-state index is 0.247. The van der Waals surface area contributed by atoms with Crippen LogP contribution in [0.2, 0.25) is 0 Å². The van der Waals surface area contributed by atoms with Gasteiger partial charge in [0.25, 0.3) is 0 Å². The van der Waals surface area contributed by atoms with E-state index in [1.807, 2.05) is 13.8 Å². The largest absolute Gasteiger partial charge is 0.489 e. The van der Waals surface area contributed by atoms with Crippen LogP contribution in [0.5, 0.6) is 11.5 Å². The molecule has 0 fully saturated rings. The van der Waals surface area contributed by atoms with Crippen LogP contribution in [-0.4, -0.2) is 18.8 Å². The first-order valence-electron chi connectivity index (χ1n) is 7.19. The number of rotatable bonds is 3. The van der Waals surface area contributed by atoms with Crippen LogP contribution >= 0.6 is 15.9 Å². The second kappa shape index (κ2) is 5.94. The molecule has 0 amide bonds. The summed E-state index contributed by atoms with van der Waals surface area (Å²) in [6.45, 7) is 9.87. The standard InChI is InChI=1S/C16H24BrNO2/c1-10(2)13-11(9-16(3,4)18)8-12(17)14-15(13)20-7-5-6-19-14/h8,10H,5-7,9,18H2,1-4H3. The highest BCUT2D eigenvalue weighted by Gasteiger charge is 2.25. The van der Waals surface area contributed by atoms with E-state index in [0.717, 1.165) is 28.8 Å². The van der Waals surface area contributed by atoms with Gasteiger partial charge in [-0.25, -0.2) is 0 Å². The lowest BCUT2D eigenvalue weighted by atomic mass is 9.88. The van der Waals surface area contributed by atoms with E-state index in [1.54, 1.807) is 0 Å². The normalized spacial score (nSPS) is 15.3. The third kappa shape index (κ3) is 3.47. The first kappa shape index (κ1) is 15.6. The molecule has 0 spiro atoms. The molecule has 0 unspecified atom stereocenters. The second-order valence-corrected chi connectivity index (χ2v) is 7.31. The van der Waals surface area contributed by atoms with Gasteiger partial charge < -0.3 is 15.2 Å². The Hall–Kier alpha value is -0.740.